The molecule has 0 fully saturated rings. The Hall–Kier alpha value is -2.55. The Morgan fingerprint density at radius 2 is 1.77 bits per heavy atom. The van der Waals surface area contributed by atoms with E-state index in [0.29, 0.717) is 0 Å². The molecule has 0 radical (unpaired) electrons. The van der Waals surface area contributed by atoms with Gasteiger partial charge in [0.2, 0.25) is 5.91 Å². The summed E-state index contributed by atoms with van der Waals surface area (Å²) in [5.41, 5.74) is 6.93. The molecule has 0 atom stereocenters. The third kappa shape index (κ3) is 8.86. The third-order valence-corrected chi connectivity index (χ3v) is 5.25. The quantitative estimate of drug-likeness (QED) is 0.248. The van der Waals surface area contributed by atoms with Gasteiger partial charge in [-0.2, -0.15) is 0 Å². The van der Waals surface area contributed by atoms with E-state index in [2.05, 4.69) is 64.2 Å². The van der Waals surface area contributed by atoms with E-state index >= 15 is 0 Å². The van der Waals surface area contributed by atoms with E-state index in [9.17, 15) is 4.79 Å². The van der Waals surface area contributed by atoms with Crippen LogP contribution in [-0.4, -0.2) is 19.6 Å². The highest BCUT2D eigenvalue weighted by Crippen LogP contribution is 2.28. The Labute approximate surface area is 183 Å². The molecular weight excluding hydrogens is 370 g/mol. The van der Waals surface area contributed by atoms with Crippen molar-refractivity contribution in [3.8, 4) is 5.75 Å². The lowest BCUT2D eigenvalue weighted by Crippen LogP contribution is -2.22. The molecule has 0 bridgehead atoms. The van der Waals surface area contributed by atoms with E-state index in [1.807, 2.05) is 19.1 Å². The maximum absolute atomic E-state index is 11.9. The van der Waals surface area contributed by atoms with Crippen LogP contribution in [0.3, 0.4) is 0 Å². The van der Waals surface area contributed by atoms with Gasteiger partial charge in [0.05, 0.1) is 7.11 Å². The first-order valence-electron chi connectivity index (χ1n) is 10.9. The van der Waals surface area contributed by atoms with Gasteiger partial charge in [-0.25, -0.2) is 0 Å². The van der Waals surface area contributed by atoms with E-state index < -0.39 is 0 Å². The number of benzene rings is 1. The minimum Gasteiger partial charge on any atom is -0.496 e. The molecule has 3 heteroatoms. The lowest BCUT2D eigenvalue weighted by atomic mass is 9.96. The Kier molecular flexibility index (Phi) is 11.6. The van der Waals surface area contributed by atoms with Crippen LogP contribution in [0.2, 0.25) is 0 Å². The van der Waals surface area contributed by atoms with Gasteiger partial charge >= 0.3 is 0 Å². The molecule has 0 saturated carbocycles. The van der Waals surface area contributed by atoms with Crippen molar-refractivity contribution in [2.75, 3.05) is 13.7 Å². The number of methoxy groups -OCH3 is 1. The Morgan fingerprint density at radius 3 is 2.43 bits per heavy atom. The average molecular weight is 410 g/mol. The Morgan fingerprint density at radius 1 is 1.03 bits per heavy atom. The molecule has 3 nitrogen and oxygen atoms in total. The van der Waals surface area contributed by atoms with Gasteiger partial charge in [0.15, 0.2) is 0 Å². The molecule has 0 spiro atoms. The number of ether oxygens (including phenoxy) is 1. The molecule has 0 aromatic heterocycles. The first-order valence-corrected chi connectivity index (χ1v) is 10.9. The van der Waals surface area contributed by atoms with Crippen LogP contribution >= 0.6 is 0 Å². The molecule has 164 valence electrons. The second-order valence-corrected chi connectivity index (χ2v) is 7.90. The van der Waals surface area contributed by atoms with E-state index in [1.165, 1.54) is 41.5 Å². The molecule has 1 aromatic carbocycles. The standard InChI is InChI=1S/C27H39NO2/c1-8-9-10-11-17-28-27(29)18-21(3)14-12-13-20(2)15-16-25-22(4)19-26(30-7)24(6)23(25)5/h12-16,18-19H,8-11,17H2,1-7H3,(H,28,29). The van der Waals surface area contributed by atoms with E-state index in [4.69, 9.17) is 4.74 Å². The van der Waals surface area contributed by atoms with Crippen molar-refractivity contribution >= 4 is 12.0 Å². The number of hydrogen-bond acceptors (Lipinski definition) is 2. The summed E-state index contributed by atoms with van der Waals surface area (Å²) >= 11 is 0. The van der Waals surface area contributed by atoms with Gasteiger partial charge in [-0.1, -0.05) is 62.1 Å². The summed E-state index contributed by atoms with van der Waals surface area (Å²) in [7, 11) is 1.71. The van der Waals surface area contributed by atoms with Crippen molar-refractivity contribution in [3.05, 3.63) is 69.8 Å². The fourth-order valence-electron chi connectivity index (χ4n) is 3.22. The maximum Gasteiger partial charge on any atom is 0.244 e. The number of unbranched alkanes of at least 4 members (excludes halogenated alkanes) is 3. The fraction of sp³-hybridized carbons (Fsp3) is 0.444. The minimum absolute atomic E-state index is 0.0185. The number of aryl methyl sites for hydroxylation is 1. The molecule has 0 aliphatic rings. The predicted molar refractivity (Wildman–Crippen MR) is 130 cm³/mol. The average Bonchev–Trinajstić information content (AvgIpc) is 2.70. The Balaban J connectivity index is 2.67. The zero-order chi connectivity index (χ0) is 22.5. The molecule has 0 unspecified atom stereocenters. The van der Waals surface area contributed by atoms with Gasteiger partial charge < -0.3 is 10.1 Å². The summed E-state index contributed by atoms with van der Waals surface area (Å²) in [4.78, 5) is 11.9. The molecule has 0 aliphatic carbocycles. The van der Waals surface area contributed by atoms with Crippen LogP contribution in [0.25, 0.3) is 6.08 Å². The van der Waals surface area contributed by atoms with Crippen LogP contribution in [0.5, 0.6) is 5.75 Å². The van der Waals surface area contributed by atoms with Crippen LogP contribution in [0, 0.1) is 20.8 Å². The lowest BCUT2D eigenvalue weighted by Gasteiger charge is -2.13. The molecule has 1 aromatic rings. The van der Waals surface area contributed by atoms with Crippen molar-refractivity contribution in [3.63, 3.8) is 0 Å². The SMILES string of the molecule is CCCCCCNC(=O)C=C(C)C=CC=C(C)C=Cc1c(C)cc(OC)c(C)c1C. The molecule has 30 heavy (non-hydrogen) atoms. The molecule has 0 aliphatic heterocycles. The molecule has 1 rings (SSSR count). The molecule has 0 heterocycles. The molecular formula is C27H39NO2. The summed E-state index contributed by atoms with van der Waals surface area (Å²) in [6.45, 7) is 13.3. The summed E-state index contributed by atoms with van der Waals surface area (Å²) in [5.74, 6) is 0.916. The van der Waals surface area contributed by atoms with Gasteiger partial charge in [0.25, 0.3) is 0 Å². The maximum atomic E-state index is 11.9. The highest BCUT2D eigenvalue weighted by atomic mass is 16.5. The summed E-state index contributed by atoms with van der Waals surface area (Å²) in [6, 6.07) is 2.09. The summed E-state index contributed by atoms with van der Waals surface area (Å²) < 4.78 is 5.45. The lowest BCUT2D eigenvalue weighted by molar-refractivity contribution is -0.116. The highest BCUT2D eigenvalue weighted by Gasteiger charge is 2.08. The van der Waals surface area contributed by atoms with Crippen molar-refractivity contribution < 1.29 is 9.53 Å². The number of amides is 1. The highest BCUT2D eigenvalue weighted by molar-refractivity contribution is 5.88. The minimum atomic E-state index is -0.0185. The van der Waals surface area contributed by atoms with E-state index in [1.54, 1.807) is 13.2 Å². The van der Waals surface area contributed by atoms with Gasteiger partial charge in [-0.3, -0.25) is 4.79 Å². The first-order chi connectivity index (χ1) is 14.3. The largest absolute Gasteiger partial charge is 0.496 e. The smallest absolute Gasteiger partial charge is 0.244 e. The second kappa shape index (κ2) is 13.6. The van der Waals surface area contributed by atoms with Crippen LogP contribution in [0.15, 0.2) is 47.6 Å². The normalized spacial score (nSPS) is 12.8. The van der Waals surface area contributed by atoms with Gasteiger partial charge in [-0.15, -0.1) is 0 Å². The predicted octanol–water partition coefficient (Wildman–Crippen LogP) is 6.78. The number of nitrogens with one attached hydrogen (secondary N) is 1. The van der Waals surface area contributed by atoms with E-state index in [0.717, 1.165) is 29.9 Å². The summed E-state index contributed by atoms with van der Waals surface area (Å²) in [5, 5.41) is 2.95. The van der Waals surface area contributed by atoms with Crippen molar-refractivity contribution in [1.29, 1.82) is 0 Å². The number of carbonyl (C=O) groups excluding carboxylic acids is 1. The van der Waals surface area contributed by atoms with Crippen LogP contribution in [0.1, 0.15) is 68.7 Å². The molecule has 1 N–H and O–H groups in total. The summed E-state index contributed by atoms with van der Waals surface area (Å²) in [6.07, 6.45) is 16.6. The number of carbonyl (C=O) groups is 1. The Bertz CT molecular complexity index is 826. The monoisotopic (exact) mass is 409 g/mol. The first kappa shape index (κ1) is 25.5. The molecule has 1 amide bonds. The van der Waals surface area contributed by atoms with Crippen molar-refractivity contribution in [2.24, 2.45) is 0 Å². The number of hydrogen-bond donors (Lipinski definition) is 1. The topological polar surface area (TPSA) is 38.3 Å². The third-order valence-electron chi connectivity index (χ3n) is 5.25. The van der Waals surface area contributed by atoms with Gasteiger partial charge in [-0.05, 0) is 74.9 Å². The molecule has 0 saturated heterocycles. The van der Waals surface area contributed by atoms with Crippen LogP contribution < -0.4 is 10.1 Å². The van der Waals surface area contributed by atoms with E-state index in [-0.39, 0.29) is 5.91 Å². The van der Waals surface area contributed by atoms with Crippen LogP contribution in [0.4, 0.5) is 0 Å². The number of allylic oxidation sites excluding steroid dienone is 6. The fourth-order valence-corrected chi connectivity index (χ4v) is 3.22. The number of rotatable bonds is 11. The van der Waals surface area contributed by atoms with Crippen LogP contribution in [-0.2, 0) is 4.79 Å². The van der Waals surface area contributed by atoms with Gasteiger partial charge in [0.1, 0.15) is 5.75 Å². The van der Waals surface area contributed by atoms with Crippen molar-refractivity contribution in [1.82, 2.24) is 5.32 Å². The van der Waals surface area contributed by atoms with Gasteiger partial charge in [0, 0.05) is 12.6 Å². The van der Waals surface area contributed by atoms with Crippen molar-refractivity contribution in [2.45, 2.75) is 67.2 Å². The second-order valence-electron chi connectivity index (χ2n) is 7.90. The zero-order valence-electron chi connectivity index (χ0n) is 19.9. The zero-order valence-corrected chi connectivity index (χ0v) is 19.9.